The first-order valence-corrected chi connectivity index (χ1v) is 11.5. The molecule has 2 aliphatic rings. The lowest BCUT2D eigenvalue weighted by atomic mass is 9.81. The number of rotatable bonds is 6. The van der Waals surface area contributed by atoms with Crippen LogP contribution < -0.4 is 5.32 Å². The molecule has 8 heteroatoms. The molecule has 4 rings (SSSR count). The van der Waals surface area contributed by atoms with Gasteiger partial charge in [-0.3, -0.25) is 19.3 Å². The minimum atomic E-state index is -0.214. The smallest absolute Gasteiger partial charge is 0.233 e. The van der Waals surface area contributed by atoms with E-state index >= 15 is 0 Å². The molecule has 2 unspecified atom stereocenters. The van der Waals surface area contributed by atoms with Crippen LogP contribution in [0, 0.1) is 25.7 Å². The summed E-state index contributed by atoms with van der Waals surface area (Å²) in [5.74, 6) is -0.755. The molecule has 1 saturated heterocycles. The fourth-order valence-electron chi connectivity index (χ4n) is 4.34. The van der Waals surface area contributed by atoms with Crippen LogP contribution in [0.1, 0.15) is 43.5 Å². The van der Waals surface area contributed by atoms with Crippen molar-refractivity contribution >= 4 is 35.2 Å². The van der Waals surface area contributed by atoms with Crippen LogP contribution in [-0.4, -0.2) is 39.1 Å². The van der Waals surface area contributed by atoms with E-state index in [1.54, 1.807) is 0 Å². The molecule has 0 spiro atoms. The van der Waals surface area contributed by atoms with Gasteiger partial charge in [0.05, 0.1) is 11.8 Å². The van der Waals surface area contributed by atoms with Crippen molar-refractivity contribution < 1.29 is 14.4 Å². The summed E-state index contributed by atoms with van der Waals surface area (Å²) in [6.45, 7) is 4.03. The SMILES string of the molecule is Cc1cc(C)nc(Sc2ccc(NC(=O)CCN3C(=O)C4CCCCC4C3=O)cc2)n1. The van der Waals surface area contributed by atoms with Gasteiger partial charge in [-0.25, -0.2) is 9.97 Å². The molecule has 2 aromatic rings. The molecule has 0 bridgehead atoms. The molecule has 1 saturated carbocycles. The number of benzene rings is 1. The molecule has 1 N–H and O–H groups in total. The number of hydrogen-bond donors (Lipinski definition) is 1. The van der Waals surface area contributed by atoms with Gasteiger partial charge in [-0.05, 0) is 68.8 Å². The van der Waals surface area contributed by atoms with E-state index in [1.807, 2.05) is 44.2 Å². The summed E-state index contributed by atoms with van der Waals surface area (Å²) in [5.41, 5.74) is 2.52. The zero-order chi connectivity index (χ0) is 22.0. The van der Waals surface area contributed by atoms with Crippen molar-refractivity contribution in [2.45, 2.75) is 56.0 Å². The summed E-state index contributed by atoms with van der Waals surface area (Å²) in [7, 11) is 0. The molecule has 2 fully saturated rings. The molecule has 162 valence electrons. The van der Waals surface area contributed by atoms with Gasteiger partial charge in [0.25, 0.3) is 0 Å². The molecule has 1 aromatic heterocycles. The van der Waals surface area contributed by atoms with E-state index in [0.29, 0.717) is 10.8 Å². The zero-order valence-corrected chi connectivity index (χ0v) is 18.6. The van der Waals surface area contributed by atoms with Gasteiger partial charge in [-0.1, -0.05) is 12.8 Å². The maximum absolute atomic E-state index is 12.5. The molecule has 1 aliphatic heterocycles. The molecule has 1 aromatic carbocycles. The first-order chi connectivity index (χ1) is 14.9. The van der Waals surface area contributed by atoms with E-state index in [2.05, 4.69) is 15.3 Å². The number of nitrogens with zero attached hydrogens (tertiary/aromatic N) is 3. The van der Waals surface area contributed by atoms with Crippen molar-refractivity contribution in [1.29, 1.82) is 0 Å². The third-order valence-corrected chi connectivity index (χ3v) is 6.68. The first kappa shape index (κ1) is 21.5. The van der Waals surface area contributed by atoms with Crippen LogP contribution in [0.3, 0.4) is 0 Å². The zero-order valence-electron chi connectivity index (χ0n) is 17.8. The van der Waals surface area contributed by atoms with E-state index < -0.39 is 0 Å². The van der Waals surface area contributed by atoms with Crippen molar-refractivity contribution in [1.82, 2.24) is 14.9 Å². The van der Waals surface area contributed by atoms with Crippen molar-refractivity contribution in [3.63, 3.8) is 0 Å². The van der Waals surface area contributed by atoms with Crippen LogP contribution in [-0.2, 0) is 14.4 Å². The van der Waals surface area contributed by atoms with Gasteiger partial charge >= 0.3 is 0 Å². The Morgan fingerprint density at radius 1 is 1.03 bits per heavy atom. The number of hydrogen-bond acceptors (Lipinski definition) is 6. The average molecular weight is 439 g/mol. The minimum absolute atomic E-state index is 0.0996. The number of anilines is 1. The van der Waals surface area contributed by atoms with E-state index in [0.717, 1.165) is 42.0 Å². The molecule has 31 heavy (non-hydrogen) atoms. The van der Waals surface area contributed by atoms with Crippen LogP contribution in [0.15, 0.2) is 40.4 Å². The Morgan fingerprint density at radius 3 is 2.19 bits per heavy atom. The summed E-state index contributed by atoms with van der Waals surface area (Å²) in [6, 6.07) is 9.38. The van der Waals surface area contributed by atoms with Crippen LogP contribution >= 0.6 is 11.8 Å². The van der Waals surface area contributed by atoms with Crippen LogP contribution in [0.2, 0.25) is 0 Å². The van der Waals surface area contributed by atoms with Gasteiger partial charge in [0.1, 0.15) is 0 Å². The van der Waals surface area contributed by atoms with Gasteiger partial charge < -0.3 is 5.32 Å². The van der Waals surface area contributed by atoms with Gasteiger partial charge in [-0.15, -0.1) is 0 Å². The summed E-state index contributed by atoms with van der Waals surface area (Å²) < 4.78 is 0. The van der Waals surface area contributed by atoms with Crippen molar-refractivity contribution in [3.05, 3.63) is 41.7 Å². The number of imide groups is 1. The highest BCUT2D eigenvalue weighted by molar-refractivity contribution is 7.99. The molecule has 2 heterocycles. The topological polar surface area (TPSA) is 92.3 Å². The summed E-state index contributed by atoms with van der Waals surface area (Å²) >= 11 is 1.46. The van der Waals surface area contributed by atoms with E-state index in [9.17, 15) is 14.4 Å². The number of carbonyl (C=O) groups is 3. The molecule has 3 amide bonds. The van der Waals surface area contributed by atoms with Crippen molar-refractivity contribution in [3.8, 4) is 0 Å². The fourth-order valence-corrected chi connectivity index (χ4v) is 5.20. The second-order valence-electron chi connectivity index (χ2n) is 8.18. The molecule has 2 atom stereocenters. The third-order valence-electron chi connectivity index (χ3n) is 5.80. The van der Waals surface area contributed by atoms with E-state index in [1.165, 1.54) is 16.7 Å². The summed E-state index contributed by atoms with van der Waals surface area (Å²) in [6.07, 6.45) is 3.67. The lowest BCUT2D eigenvalue weighted by Crippen LogP contribution is -2.34. The lowest BCUT2D eigenvalue weighted by molar-refractivity contribution is -0.140. The standard InChI is InChI=1S/C23H26N4O3S/c1-14-13-15(2)25-23(24-14)31-17-9-7-16(8-10-17)26-20(28)11-12-27-21(29)18-5-3-4-6-19(18)22(27)30/h7-10,13,18-19H,3-6,11-12H2,1-2H3,(H,26,28). The molecule has 7 nitrogen and oxygen atoms in total. The number of amides is 3. The Morgan fingerprint density at radius 2 is 1.61 bits per heavy atom. The van der Waals surface area contributed by atoms with Crippen molar-refractivity contribution in [2.75, 3.05) is 11.9 Å². The predicted octanol–water partition coefficient (Wildman–Crippen LogP) is 3.75. The largest absolute Gasteiger partial charge is 0.326 e. The lowest BCUT2D eigenvalue weighted by Gasteiger charge is -2.19. The number of aromatic nitrogens is 2. The second kappa shape index (κ2) is 9.18. The normalized spacial score (nSPS) is 20.6. The maximum atomic E-state index is 12.5. The van der Waals surface area contributed by atoms with Crippen LogP contribution in [0.25, 0.3) is 0 Å². The van der Waals surface area contributed by atoms with E-state index in [-0.39, 0.29) is 42.5 Å². The molecule has 1 aliphatic carbocycles. The van der Waals surface area contributed by atoms with E-state index in [4.69, 9.17) is 0 Å². The van der Waals surface area contributed by atoms with Crippen molar-refractivity contribution in [2.24, 2.45) is 11.8 Å². The minimum Gasteiger partial charge on any atom is -0.326 e. The monoisotopic (exact) mass is 438 g/mol. The molecular formula is C23H26N4O3S. The fraction of sp³-hybridized carbons (Fsp3) is 0.435. The summed E-state index contributed by atoms with van der Waals surface area (Å²) in [4.78, 5) is 48.5. The van der Waals surface area contributed by atoms with Crippen LogP contribution in [0.4, 0.5) is 5.69 Å². The Kier molecular flexibility index (Phi) is 6.36. The number of fused-ring (bicyclic) bond motifs is 1. The molecular weight excluding hydrogens is 412 g/mol. The van der Waals surface area contributed by atoms with Crippen LogP contribution in [0.5, 0.6) is 0 Å². The first-order valence-electron chi connectivity index (χ1n) is 10.7. The number of carbonyl (C=O) groups excluding carboxylic acids is 3. The quantitative estimate of drug-likeness (QED) is 0.545. The Bertz CT molecular complexity index is 964. The highest BCUT2D eigenvalue weighted by Crippen LogP contribution is 2.38. The predicted molar refractivity (Wildman–Crippen MR) is 117 cm³/mol. The Labute approximate surface area is 186 Å². The number of nitrogens with one attached hydrogen (secondary N) is 1. The third kappa shape index (κ3) is 4.95. The Balaban J connectivity index is 1.30. The average Bonchev–Trinajstić information content (AvgIpc) is 2.97. The second-order valence-corrected chi connectivity index (χ2v) is 9.22. The summed E-state index contributed by atoms with van der Waals surface area (Å²) in [5, 5.41) is 3.53. The molecule has 0 radical (unpaired) electrons. The highest BCUT2D eigenvalue weighted by atomic mass is 32.2. The van der Waals surface area contributed by atoms with Gasteiger partial charge in [0, 0.05) is 34.9 Å². The van der Waals surface area contributed by atoms with Gasteiger partial charge in [0.15, 0.2) is 5.16 Å². The van der Waals surface area contributed by atoms with Gasteiger partial charge in [-0.2, -0.15) is 0 Å². The highest BCUT2D eigenvalue weighted by Gasteiger charge is 2.47. The number of aryl methyl sites for hydroxylation is 2. The Hall–Kier alpha value is -2.74. The maximum Gasteiger partial charge on any atom is 0.233 e. The number of likely N-dealkylation sites (tertiary alicyclic amines) is 1. The van der Waals surface area contributed by atoms with Gasteiger partial charge in [0.2, 0.25) is 17.7 Å².